The molecule has 0 bridgehead atoms. The predicted octanol–water partition coefficient (Wildman–Crippen LogP) is -1.65. The summed E-state index contributed by atoms with van der Waals surface area (Å²) in [5, 5.41) is 14.8. The van der Waals surface area contributed by atoms with Gasteiger partial charge in [-0.25, -0.2) is 9.59 Å². The van der Waals surface area contributed by atoms with Crippen LogP contribution in [-0.4, -0.2) is 77.4 Å². The maximum Gasteiger partial charge on any atom is 2.00 e. The molecule has 0 aliphatic heterocycles. The average Bonchev–Trinajstić information content (AvgIpc) is 1.59. The van der Waals surface area contributed by atoms with Gasteiger partial charge < -0.3 is 13.1 Å². The summed E-state index contributed by atoms with van der Waals surface area (Å²) in [4.78, 5) is 18.2. The summed E-state index contributed by atoms with van der Waals surface area (Å²) in [5.41, 5.74) is 0. The van der Waals surface area contributed by atoms with Crippen LogP contribution in [0.1, 0.15) is 2.85 Å². The molecule has 12 heavy (non-hydrogen) atoms. The van der Waals surface area contributed by atoms with E-state index in [0.29, 0.717) is 0 Å². The van der Waals surface area contributed by atoms with Crippen molar-refractivity contribution in [1.29, 1.82) is 0 Å². The van der Waals surface area contributed by atoms with E-state index in [1.165, 1.54) is 0 Å². The minimum Gasteiger partial charge on any atom is -1.00 e. The molecule has 8 nitrogen and oxygen atoms in total. The molecule has 4 N–H and O–H groups in total. The maximum absolute atomic E-state index is 9.10. The summed E-state index contributed by atoms with van der Waals surface area (Å²) >= 11 is 0. The van der Waals surface area contributed by atoms with Gasteiger partial charge in [-0.1, -0.05) is 0 Å². The monoisotopic (exact) mass is 230 g/mol. The van der Waals surface area contributed by atoms with Gasteiger partial charge in [0.2, 0.25) is 0 Å². The Morgan fingerprint density at radius 3 is 1.08 bits per heavy atom. The minimum atomic E-state index is -4.67. The first-order valence-corrected chi connectivity index (χ1v) is 3.20. The van der Waals surface area contributed by atoms with Crippen LogP contribution in [-0.2, 0) is 20.0 Å². The minimum absolute atomic E-state index is 0. The van der Waals surface area contributed by atoms with Gasteiger partial charge in [0, 0.05) is 0 Å². The van der Waals surface area contributed by atoms with E-state index in [1.54, 1.807) is 0 Å². The quantitative estimate of drug-likeness (QED) is 0.219. The van der Waals surface area contributed by atoms with Gasteiger partial charge in [0.25, 0.3) is 0 Å². The first-order valence-electron chi connectivity index (χ1n) is 1.80. The largest absolute Gasteiger partial charge is 2.00 e. The zero-order chi connectivity index (χ0) is 9.65. The third kappa shape index (κ3) is 50.0. The van der Waals surface area contributed by atoms with Crippen LogP contribution in [0.2, 0.25) is 0 Å². The molecule has 0 aromatic carbocycles. The Balaban J connectivity index is -0.0000000321. The molecule has 0 saturated heterocycles. The van der Waals surface area contributed by atoms with Crippen LogP contribution < -0.4 is 0 Å². The number of carboxylic acids is 2. The van der Waals surface area contributed by atoms with Gasteiger partial charge in [-0.05, 0) is 0 Å². The molecule has 0 saturated carbocycles. The van der Waals surface area contributed by atoms with E-state index in [1.807, 2.05) is 0 Å². The summed E-state index contributed by atoms with van der Waals surface area (Å²) in [5.74, 6) is -3.65. The van der Waals surface area contributed by atoms with Crippen molar-refractivity contribution in [2.24, 2.45) is 0 Å². The molecule has 0 aliphatic carbocycles. The Hall–Kier alpha value is 0.0697. The molecule has 0 amide bonds. The summed E-state index contributed by atoms with van der Waals surface area (Å²) in [6, 6.07) is 0. The molecule has 0 aromatic rings. The van der Waals surface area contributed by atoms with E-state index in [4.69, 9.17) is 37.3 Å². The van der Waals surface area contributed by atoms with Crippen LogP contribution in [0.3, 0.4) is 0 Å². The Labute approximate surface area is 99.7 Å². The molecule has 0 radical (unpaired) electrons. The van der Waals surface area contributed by atoms with Crippen molar-refractivity contribution in [3.05, 3.63) is 0 Å². The van der Waals surface area contributed by atoms with Crippen molar-refractivity contribution >= 4 is 60.1 Å². The Bertz CT molecular complexity index is 228. The topological polar surface area (TPSA) is 149 Å². The van der Waals surface area contributed by atoms with Gasteiger partial charge in [-0.15, -0.1) is 0 Å². The van der Waals surface area contributed by atoms with Crippen molar-refractivity contribution in [3.8, 4) is 0 Å². The zero-order valence-corrected chi connectivity index (χ0v) is 8.56. The molecule has 70 valence electrons. The number of rotatable bonds is 0. The second kappa shape index (κ2) is 7.71. The van der Waals surface area contributed by atoms with Crippen LogP contribution in [0.25, 0.3) is 0 Å². The van der Waals surface area contributed by atoms with Crippen molar-refractivity contribution in [1.82, 2.24) is 0 Å². The van der Waals surface area contributed by atoms with Crippen LogP contribution in [0.4, 0.5) is 0 Å². The second-order valence-electron chi connectivity index (χ2n) is 1.06. The predicted molar refractivity (Wildman–Crippen MR) is 37.4 cm³/mol. The number of carbonyl (C=O) groups is 2. The fourth-order valence-electron chi connectivity index (χ4n) is 0. The van der Waals surface area contributed by atoms with E-state index in [0.717, 1.165) is 0 Å². The molecule has 0 atom stereocenters. The Kier molecular flexibility index (Phi) is 11.5. The van der Waals surface area contributed by atoms with E-state index in [9.17, 15) is 0 Å². The number of hydrogen-bond acceptors (Lipinski definition) is 4. The number of hydrogen-bond donors (Lipinski definition) is 4. The van der Waals surface area contributed by atoms with Gasteiger partial charge in [0.1, 0.15) is 0 Å². The zero-order valence-electron chi connectivity index (χ0n) is 7.54. The average molecular weight is 230 g/mol. The molecule has 10 heteroatoms. The molecule has 0 unspecified atom stereocenters. The van der Waals surface area contributed by atoms with Crippen LogP contribution in [0.5, 0.6) is 0 Å². The Morgan fingerprint density at radius 2 is 1.08 bits per heavy atom. The Morgan fingerprint density at radius 1 is 1.00 bits per heavy atom. The molecule has 0 rings (SSSR count). The molecule has 0 aromatic heterocycles. The van der Waals surface area contributed by atoms with Gasteiger partial charge in [0.05, 0.1) is 0 Å². The molecular weight excluding hydrogens is 224 g/mol. The van der Waals surface area contributed by atoms with Crippen molar-refractivity contribution in [2.75, 3.05) is 0 Å². The van der Waals surface area contributed by atoms with E-state index < -0.39 is 22.3 Å². The fraction of sp³-hybridized carbons (Fsp3) is 0. The molecular formula is C2H6CaO8S. The van der Waals surface area contributed by atoms with Gasteiger partial charge in [0.15, 0.2) is 0 Å². The smallest absolute Gasteiger partial charge is 1.00 e. The number of aliphatic carboxylic acids is 2. The SMILES string of the molecule is O=C(O)C(=O)O.O=S(=O)(O)O.[Ca+2].[H-].[H-]. The van der Waals surface area contributed by atoms with E-state index in [2.05, 4.69) is 0 Å². The van der Waals surface area contributed by atoms with Crippen LogP contribution >= 0.6 is 0 Å². The van der Waals surface area contributed by atoms with Crippen molar-refractivity contribution in [3.63, 3.8) is 0 Å². The maximum atomic E-state index is 9.10. The first-order chi connectivity index (χ1) is 4.64. The van der Waals surface area contributed by atoms with Gasteiger partial charge >= 0.3 is 60.1 Å². The normalized spacial score (nSPS) is 8.50. The molecule has 0 heterocycles. The van der Waals surface area contributed by atoms with Gasteiger partial charge in [-0.3, -0.25) is 9.11 Å². The fourth-order valence-corrected chi connectivity index (χ4v) is 0. The summed E-state index contributed by atoms with van der Waals surface area (Å²) in [6.07, 6.45) is 0. The second-order valence-corrected chi connectivity index (χ2v) is 1.95. The third-order valence-electron chi connectivity index (χ3n) is 0.183. The van der Waals surface area contributed by atoms with Crippen LogP contribution in [0.15, 0.2) is 0 Å². The molecule has 0 fully saturated rings. The summed E-state index contributed by atoms with van der Waals surface area (Å²) < 4.78 is 31.6. The number of carboxylic acid groups (broad SMARTS) is 2. The van der Waals surface area contributed by atoms with E-state index >= 15 is 0 Å². The third-order valence-corrected chi connectivity index (χ3v) is 0.183. The van der Waals surface area contributed by atoms with Crippen molar-refractivity contribution in [2.45, 2.75) is 0 Å². The van der Waals surface area contributed by atoms with Crippen LogP contribution in [0, 0.1) is 0 Å². The standard InChI is InChI=1S/C2H2O4.Ca.H2O4S.2H/c3-1(4)2(5)6;;1-5(2,3)4;;/h(H,3,4)(H,5,6);;(H2,1,2,3,4);;/q;+2;;2*-1. The summed E-state index contributed by atoms with van der Waals surface area (Å²) in [6.45, 7) is 0. The van der Waals surface area contributed by atoms with Crippen molar-refractivity contribution < 1.29 is 40.2 Å². The first kappa shape index (κ1) is 18.0. The van der Waals surface area contributed by atoms with E-state index in [-0.39, 0.29) is 40.6 Å². The molecule has 0 aliphatic rings. The summed E-state index contributed by atoms with van der Waals surface area (Å²) in [7, 11) is -4.67. The van der Waals surface area contributed by atoms with Gasteiger partial charge in [-0.2, -0.15) is 8.42 Å². The molecule has 0 spiro atoms.